The molecule has 3 aromatic carbocycles. The lowest BCUT2D eigenvalue weighted by molar-refractivity contribution is -0.123. The normalized spacial score (nSPS) is 12.1. The number of hydrogen-bond donors (Lipinski definition) is 4. The number of ether oxygens (including phenoxy) is 1. The molecule has 0 heterocycles. The first-order valence-corrected chi connectivity index (χ1v) is 12.9. The van der Waals surface area contributed by atoms with Gasteiger partial charge in [0.15, 0.2) is 6.10 Å². The average molecular weight is 495 g/mol. The number of amides is 1. The van der Waals surface area contributed by atoms with E-state index in [2.05, 4.69) is 12.2 Å². The highest BCUT2D eigenvalue weighted by Crippen LogP contribution is 2.28. The summed E-state index contributed by atoms with van der Waals surface area (Å²) in [6.07, 6.45) is 2.61. The number of amidine groups is 1. The molecule has 35 heavy (non-hydrogen) atoms. The lowest BCUT2D eigenvalue weighted by Crippen LogP contribution is -2.33. The summed E-state index contributed by atoms with van der Waals surface area (Å²) >= 11 is 0. The van der Waals surface area contributed by atoms with E-state index >= 15 is 0 Å². The van der Waals surface area contributed by atoms with Gasteiger partial charge in [0.2, 0.25) is 10.0 Å². The highest BCUT2D eigenvalue weighted by molar-refractivity contribution is 7.89. The number of nitrogens with two attached hydrogens (primary N) is 2. The summed E-state index contributed by atoms with van der Waals surface area (Å²) in [4.78, 5) is 13.1. The van der Waals surface area contributed by atoms with Crippen LogP contribution in [-0.2, 0) is 14.8 Å². The summed E-state index contributed by atoms with van der Waals surface area (Å²) in [5.41, 5.74) is 7.78. The highest BCUT2D eigenvalue weighted by Gasteiger charge is 2.21. The van der Waals surface area contributed by atoms with Crippen LogP contribution in [-0.4, -0.2) is 26.3 Å². The molecular weight excluding hydrogens is 464 g/mol. The zero-order valence-electron chi connectivity index (χ0n) is 19.5. The molecule has 6 N–H and O–H groups in total. The van der Waals surface area contributed by atoms with Gasteiger partial charge in [-0.1, -0.05) is 62.2 Å². The third-order valence-corrected chi connectivity index (χ3v) is 6.41. The Kier molecular flexibility index (Phi) is 8.62. The van der Waals surface area contributed by atoms with Crippen molar-refractivity contribution < 1.29 is 17.9 Å². The molecule has 1 atom stereocenters. The summed E-state index contributed by atoms with van der Waals surface area (Å²) in [5.74, 6) is 0.0860. The number of carbonyl (C=O) groups is 1. The molecule has 0 aliphatic carbocycles. The standard InChI is InChI=1S/C26H30N4O4S/c1-2-3-4-11-23(34-21-9-7-8-19(17-21)25(27)28)26(31)30-20-15-13-18(14-16-20)22-10-5-6-12-24(22)35(29,32)33/h5-10,12-17,23H,2-4,11H2,1H3,(H3,27,28)(H,30,31)(H2,29,32,33). The number of sulfonamides is 1. The van der Waals surface area contributed by atoms with Gasteiger partial charge in [0.25, 0.3) is 5.91 Å². The van der Waals surface area contributed by atoms with Gasteiger partial charge >= 0.3 is 0 Å². The first-order valence-electron chi connectivity index (χ1n) is 11.3. The zero-order valence-corrected chi connectivity index (χ0v) is 20.3. The number of benzene rings is 3. The minimum Gasteiger partial charge on any atom is -0.481 e. The molecule has 9 heteroatoms. The van der Waals surface area contributed by atoms with Crippen molar-refractivity contribution in [3.63, 3.8) is 0 Å². The van der Waals surface area contributed by atoms with E-state index in [4.69, 9.17) is 21.0 Å². The molecular formula is C26H30N4O4S. The molecule has 0 radical (unpaired) electrons. The molecule has 0 aliphatic rings. The molecule has 1 amide bonds. The van der Waals surface area contributed by atoms with Crippen molar-refractivity contribution in [3.05, 3.63) is 78.4 Å². The van der Waals surface area contributed by atoms with Crippen LogP contribution in [0.2, 0.25) is 0 Å². The van der Waals surface area contributed by atoms with Gasteiger partial charge in [-0.15, -0.1) is 0 Å². The van der Waals surface area contributed by atoms with Crippen LogP contribution in [0.3, 0.4) is 0 Å². The Morgan fingerprint density at radius 2 is 1.74 bits per heavy atom. The van der Waals surface area contributed by atoms with Gasteiger partial charge in [0.1, 0.15) is 11.6 Å². The van der Waals surface area contributed by atoms with E-state index in [1.54, 1.807) is 66.7 Å². The quantitative estimate of drug-likeness (QED) is 0.179. The fraction of sp³-hybridized carbons (Fsp3) is 0.231. The first kappa shape index (κ1) is 25.9. The van der Waals surface area contributed by atoms with Gasteiger partial charge in [0.05, 0.1) is 4.90 Å². The summed E-state index contributed by atoms with van der Waals surface area (Å²) in [6, 6.07) is 20.1. The molecule has 1 unspecified atom stereocenters. The molecule has 184 valence electrons. The fourth-order valence-electron chi connectivity index (χ4n) is 3.63. The predicted molar refractivity (Wildman–Crippen MR) is 138 cm³/mol. The Balaban J connectivity index is 1.77. The highest BCUT2D eigenvalue weighted by atomic mass is 32.2. The number of rotatable bonds is 11. The molecule has 0 fully saturated rings. The minimum absolute atomic E-state index is 0.0361. The smallest absolute Gasteiger partial charge is 0.265 e. The fourth-order valence-corrected chi connectivity index (χ4v) is 4.39. The average Bonchev–Trinajstić information content (AvgIpc) is 2.83. The molecule has 3 aromatic rings. The van der Waals surface area contributed by atoms with Crippen molar-refractivity contribution in [1.29, 1.82) is 5.41 Å². The second-order valence-electron chi connectivity index (χ2n) is 8.15. The van der Waals surface area contributed by atoms with Crippen molar-refractivity contribution in [2.24, 2.45) is 10.9 Å². The minimum atomic E-state index is -3.88. The van der Waals surface area contributed by atoms with Gasteiger partial charge < -0.3 is 15.8 Å². The van der Waals surface area contributed by atoms with Crippen LogP contribution >= 0.6 is 0 Å². The Bertz CT molecular complexity index is 1290. The number of carbonyl (C=O) groups excluding carboxylic acids is 1. The lowest BCUT2D eigenvalue weighted by Gasteiger charge is -2.19. The van der Waals surface area contributed by atoms with Crippen LogP contribution in [0.15, 0.2) is 77.7 Å². The van der Waals surface area contributed by atoms with E-state index in [0.29, 0.717) is 34.5 Å². The third-order valence-electron chi connectivity index (χ3n) is 5.44. The Morgan fingerprint density at radius 1 is 1.03 bits per heavy atom. The largest absolute Gasteiger partial charge is 0.481 e. The second-order valence-corrected chi connectivity index (χ2v) is 9.68. The van der Waals surface area contributed by atoms with E-state index in [9.17, 15) is 13.2 Å². The molecule has 0 aliphatic heterocycles. The van der Waals surface area contributed by atoms with Gasteiger partial charge in [-0.3, -0.25) is 10.2 Å². The zero-order chi connectivity index (χ0) is 25.4. The maximum Gasteiger partial charge on any atom is 0.265 e. The number of hydrogen-bond acceptors (Lipinski definition) is 5. The summed E-state index contributed by atoms with van der Waals surface area (Å²) in [5, 5.41) is 15.8. The monoisotopic (exact) mass is 494 g/mol. The molecule has 0 bridgehead atoms. The van der Waals surface area contributed by atoms with Crippen LogP contribution in [0, 0.1) is 5.41 Å². The van der Waals surface area contributed by atoms with Crippen molar-refractivity contribution in [2.45, 2.75) is 43.6 Å². The van der Waals surface area contributed by atoms with E-state index in [-0.39, 0.29) is 16.6 Å². The van der Waals surface area contributed by atoms with Crippen molar-refractivity contribution >= 4 is 27.5 Å². The number of nitrogen functional groups attached to an aromatic ring is 1. The van der Waals surface area contributed by atoms with Gasteiger partial charge in [-0.2, -0.15) is 0 Å². The lowest BCUT2D eigenvalue weighted by atomic mass is 10.1. The maximum absolute atomic E-state index is 13.1. The van der Waals surface area contributed by atoms with Crippen molar-refractivity contribution in [1.82, 2.24) is 0 Å². The summed E-state index contributed by atoms with van der Waals surface area (Å²) in [6.45, 7) is 2.09. The predicted octanol–water partition coefficient (Wildman–Crippen LogP) is 4.25. The van der Waals surface area contributed by atoms with E-state index in [1.807, 2.05) is 0 Å². The second kappa shape index (κ2) is 11.6. The number of unbranched alkanes of at least 4 members (excludes halogenated alkanes) is 2. The number of primary sulfonamides is 1. The molecule has 8 nitrogen and oxygen atoms in total. The van der Waals surface area contributed by atoms with Crippen molar-refractivity contribution in [2.75, 3.05) is 5.32 Å². The summed E-state index contributed by atoms with van der Waals surface area (Å²) < 4.78 is 29.8. The van der Waals surface area contributed by atoms with E-state index in [1.165, 1.54) is 6.07 Å². The Morgan fingerprint density at radius 3 is 2.40 bits per heavy atom. The Labute approximate surface area is 205 Å². The summed E-state index contributed by atoms with van der Waals surface area (Å²) in [7, 11) is -3.88. The van der Waals surface area contributed by atoms with Crippen LogP contribution < -0.4 is 20.9 Å². The number of anilines is 1. The van der Waals surface area contributed by atoms with Crippen LogP contribution in [0.1, 0.15) is 38.2 Å². The van der Waals surface area contributed by atoms with Gasteiger partial charge in [-0.25, -0.2) is 13.6 Å². The van der Waals surface area contributed by atoms with Crippen LogP contribution in [0.25, 0.3) is 11.1 Å². The van der Waals surface area contributed by atoms with E-state index < -0.39 is 16.1 Å². The molecule has 0 aromatic heterocycles. The van der Waals surface area contributed by atoms with Crippen molar-refractivity contribution in [3.8, 4) is 16.9 Å². The first-order chi connectivity index (χ1) is 16.7. The Hall–Kier alpha value is -3.69. The number of nitrogens with one attached hydrogen (secondary N) is 2. The molecule has 0 spiro atoms. The van der Waals surface area contributed by atoms with E-state index in [0.717, 1.165) is 19.3 Å². The maximum atomic E-state index is 13.1. The third kappa shape index (κ3) is 7.14. The molecule has 0 saturated heterocycles. The van der Waals surface area contributed by atoms with Gasteiger partial charge in [0, 0.05) is 16.8 Å². The van der Waals surface area contributed by atoms with Crippen LogP contribution in [0.4, 0.5) is 5.69 Å². The van der Waals surface area contributed by atoms with Crippen LogP contribution in [0.5, 0.6) is 5.75 Å². The topological polar surface area (TPSA) is 148 Å². The molecule has 0 saturated carbocycles. The van der Waals surface area contributed by atoms with Gasteiger partial charge in [-0.05, 0) is 48.7 Å². The molecule has 3 rings (SSSR count). The SMILES string of the molecule is CCCCCC(Oc1cccc(C(=N)N)c1)C(=O)Nc1ccc(-c2ccccc2S(N)(=O)=O)cc1.